The minimum Gasteiger partial charge on any atom is -0.114 e. The third-order valence-electron chi connectivity index (χ3n) is 6.03. The topological polar surface area (TPSA) is 0 Å². The van der Waals surface area contributed by atoms with Gasteiger partial charge in [0.15, 0.2) is 0 Å². The smallest absolute Gasteiger partial charge is 0.0207 e. The van der Waals surface area contributed by atoms with Crippen LogP contribution in [0.1, 0.15) is 91.9 Å². The zero-order valence-corrected chi connectivity index (χ0v) is 21.7. The minimum absolute atomic E-state index is 0. The quantitative estimate of drug-likeness (QED) is 0.305. The molecule has 0 N–H and O–H groups in total. The molecule has 4 heteroatoms. The number of rotatable bonds is 7. The summed E-state index contributed by atoms with van der Waals surface area (Å²) in [7, 11) is 0.600. The van der Waals surface area contributed by atoms with Crippen molar-refractivity contribution in [3.8, 4) is 0 Å². The van der Waals surface area contributed by atoms with Crippen molar-refractivity contribution in [3.63, 3.8) is 0 Å². The average Bonchev–Trinajstić information content (AvgIpc) is 2.52. The fourth-order valence-corrected chi connectivity index (χ4v) is 12.1. The Morgan fingerprint density at radius 2 is 0.875 bits per heavy atom. The molecular formula is C20H42Br2P2. The molecule has 0 aromatic heterocycles. The van der Waals surface area contributed by atoms with E-state index in [0.29, 0.717) is 15.8 Å². The summed E-state index contributed by atoms with van der Waals surface area (Å²) in [4.78, 5) is 0. The van der Waals surface area contributed by atoms with Crippen LogP contribution in [0.4, 0.5) is 0 Å². The van der Waals surface area contributed by atoms with E-state index in [4.69, 9.17) is 0 Å². The van der Waals surface area contributed by atoms with Crippen molar-refractivity contribution in [1.82, 2.24) is 0 Å². The standard InChI is InChI=1S/C20H40P2.2BrH/c1-17(2)21(19-11-7-5-8-12-19)15-16-22(18(3)4)20-13-9-6-10-14-20;;/h17-20H,5-16H2,1-4H3;2*1H. The summed E-state index contributed by atoms with van der Waals surface area (Å²) < 4.78 is 0. The summed E-state index contributed by atoms with van der Waals surface area (Å²) in [5, 5.41) is 0. The van der Waals surface area contributed by atoms with Crippen molar-refractivity contribution in [2.45, 2.75) is 115 Å². The van der Waals surface area contributed by atoms with E-state index in [1.54, 1.807) is 38.0 Å². The van der Waals surface area contributed by atoms with Gasteiger partial charge in [-0.15, -0.1) is 49.8 Å². The Kier molecular flexibility index (Phi) is 15.0. The van der Waals surface area contributed by atoms with Gasteiger partial charge in [-0.3, -0.25) is 0 Å². The normalized spacial score (nSPS) is 22.8. The molecule has 2 atom stereocenters. The zero-order valence-electron chi connectivity index (χ0n) is 16.5. The van der Waals surface area contributed by atoms with Crippen LogP contribution in [0.3, 0.4) is 0 Å². The molecule has 24 heavy (non-hydrogen) atoms. The molecule has 0 heterocycles. The van der Waals surface area contributed by atoms with Gasteiger partial charge in [0.25, 0.3) is 0 Å². The first kappa shape index (κ1) is 25.8. The molecule has 0 aromatic rings. The van der Waals surface area contributed by atoms with Crippen molar-refractivity contribution in [3.05, 3.63) is 0 Å². The Labute approximate surface area is 176 Å². The van der Waals surface area contributed by atoms with E-state index < -0.39 is 0 Å². The highest BCUT2D eigenvalue weighted by Gasteiger charge is 2.29. The number of hydrogen-bond acceptors (Lipinski definition) is 0. The van der Waals surface area contributed by atoms with E-state index in [9.17, 15) is 0 Å². The van der Waals surface area contributed by atoms with Crippen LogP contribution in [0.2, 0.25) is 0 Å². The number of hydrogen-bond donors (Lipinski definition) is 0. The summed E-state index contributed by atoms with van der Waals surface area (Å²) in [6, 6.07) is 0. The van der Waals surface area contributed by atoms with E-state index in [1.807, 2.05) is 0 Å². The molecule has 2 fully saturated rings. The number of halogens is 2. The maximum Gasteiger partial charge on any atom is -0.0207 e. The molecular weight excluding hydrogens is 462 g/mol. The van der Waals surface area contributed by atoms with Crippen molar-refractivity contribution in [2.75, 3.05) is 12.3 Å². The molecule has 2 saturated carbocycles. The molecule has 0 aliphatic heterocycles. The van der Waals surface area contributed by atoms with Gasteiger partial charge >= 0.3 is 0 Å². The van der Waals surface area contributed by atoms with Crippen LogP contribution in [-0.2, 0) is 0 Å². The second kappa shape index (κ2) is 13.9. The molecule has 0 saturated heterocycles. The van der Waals surface area contributed by atoms with Gasteiger partial charge in [0.05, 0.1) is 0 Å². The molecule has 0 radical (unpaired) electrons. The molecule has 0 amide bonds. The van der Waals surface area contributed by atoms with Crippen LogP contribution in [0, 0.1) is 0 Å². The van der Waals surface area contributed by atoms with E-state index in [2.05, 4.69) is 27.7 Å². The van der Waals surface area contributed by atoms with E-state index in [-0.39, 0.29) is 34.0 Å². The lowest BCUT2D eigenvalue weighted by Gasteiger charge is -2.38. The maximum absolute atomic E-state index is 2.53. The predicted octanol–water partition coefficient (Wildman–Crippen LogP) is 8.59. The third-order valence-corrected chi connectivity index (χ3v) is 13.4. The molecule has 0 nitrogen and oxygen atoms in total. The highest BCUT2D eigenvalue weighted by Crippen LogP contribution is 2.57. The first-order valence-electron chi connectivity index (χ1n) is 10.1. The van der Waals surface area contributed by atoms with Gasteiger partial charge in [0.2, 0.25) is 0 Å². The summed E-state index contributed by atoms with van der Waals surface area (Å²) in [6.07, 6.45) is 18.6. The summed E-state index contributed by atoms with van der Waals surface area (Å²) in [5.41, 5.74) is 4.18. The lowest BCUT2D eigenvalue weighted by atomic mass is 10.0. The minimum atomic E-state index is 0. The van der Waals surface area contributed by atoms with Crippen LogP contribution in [-0.4, -0.2) is 35.0 Å². The second-order valence-corrected chi connectivity index (χ2v) is 14.7. The van der Waals surface area contributed by atoms with Gasteiger partial charge in [0.1, 0.15) is 0 Å². The Balaban J connectivity index is 0.00000264. The Bertz CT molecular complexity index is 268. The van der Waals surface area contributed by atoms with Gasteiger partial charge < -0.3 is 0 Å². The van der Waals surface area contributed by atoms with Crippen molar-refractivity contribution in [1.29, 1.82) is 0 Å². The molecule has 2 aliphatic carbocycles. The van der Waals surface area contributed by atoms with Crippen molar-refractivity contribution < 1.29 is 0 Å². The largest absolute Gasteiger partial charge is 0.114 e. The highest BCUT2D eigenvalue weighted by atomic mass is 79.9. The lowest BCUT2D eigenvalue weighted by Crippen LogP contribution is -2.21. The molecule has 0 aromatic carbocycles. The second-order valence-electron chi connectivity index (χ2n) is 8.25. The monoisotopic (exact) mass is 502 g/mol. The SMILES string of the molecule is Br.Br.CC(C)P(CCP(C(C)C)C1CCCCC1)C1CCCCC1. The molecule has 2 unspecified atom stereocenters. The van der Waals surface area contributed by atoms with Crippen LogP contribution < -0.4 is 0 Å². The fourth-order valence-electron chi connectivity index (χ4n) is 4.78. The van der Waals surface area contributed by atoms with Crippen molar-refractivity contribution in [2.24, 2.45) is 0 Å². The van der Waals surface area contributed by atoms with Gasteiger partial charge in [-0.05, 0) is 60.6 Å². The lowest BCUT2D eigenvalue weighted by molar-refractivity contribution is 0.507. The molecule has 0 spiro atoms. The van der Waals surface area contributed by atoms with Crippen molar-refractivity contribution >= 4 is 49.8 Å². The first-order valence-corrected chi connectivity index (χ1v) is 13.4. The molecule has 146 valence electrons. The van der Waals surface area contributed by atoms with Crippen LogP contribution in [0.15, 0.2) is 0 Å². The van der Waals surface area contributed by atoms with E-state index in [1.165, 1.54) is 38.5 Å². The summed E-state index contributed by atoms with van der Waals surface area (Å²) in [5.74, 6) is 0. The van der Waals surface area contributed by atoms with Crippen LogP contribution in [0.25, 0.3) is 0 Å². The highest BCUT2D eigenvalue weighted by molar-refractivity contribution is 8.93. The van der Waals surface area contributed by atoms with Gasteiger partial charge in [-0.25, -0.2) is 0 Å². The van der Waals surface area contributed by atoms with E-state index in [0.717, 1.165) is 22.6 Å². The van der Waals surface area contributed by atoms with Gasteiger partial charge in [-0.2, -0.15) is 0 Å². The Morgan fingerprint density at radius 1 is 0.583 bits per heavy atom. The predicted molar refractivity (Wildman–Crippen MR) is 128 cm³/mol. The fraction of sp³-hybridized carbons (Fsp3) is 1.00. The Hall–Kier alpha value is 1.82. The summed E-state index contributed by atoms with van der Waals surface area (Å²) >= 11 is 0. The summed E-state index contributed by atoms with van der Waals surface area (Å²) in [6.45, 7) is 10.1. The Morgan fingerprint density at radius 3 is 1.12 bits per heavy atom. The maximum atomic E-state index is 2.53. The van der Waals surface area contributed by atoms with Gasteiger partial charge in [-0.1, -0.05) is 66.2 Å². The average molecular weight is 504 g/mol. The molecule has 2 rings (SSSR count). The zero-order chi connectivity index (χ0) is 15.9. The van der Waals surface area contributed by atoms with Gasteiger partial charge in [0, 0.05) is 0 Å². The first-order chi connectivity index (χ1) is 10.6. The third kappa shape index (κ3) is 8.23. The van der Waals surface area contributed by atoms with E-state index >= 15 is 0 Å². The molecule has 2 aliphatic rings. The molecule has 0 bridgehead atoms. The van der Waals surface area contributed by atoms with Crippen LogP contribution in [0.5, 0.6) is 0 Å². The van der Waals surface area contributed by atoms with Crippen LogP contribution >= 0.6 is 49.8 Å².